The molecule has 0 unspecified atom stereocenters. The zero-order valence-corrected chi connectivity index (χ0v) is 16.4. The standard InChI is InChI=1S/C22H22N2OS/c1-6-9-24-19-11-15(3)16(4)12-20(19)26-22(24)23-21(25)13-18-8-7-14(2)10-17(18)5/h1,7-8,10-12H,9,13H2,2-5H3. The Morgan fingerprint density at radius 3 is 2.54 bits per heavy atom. The fourth-order valence-corrected chi connectivity index (χ4v) is 4.13. The van der Waals surface area contributed by atoms with E-state index in [1.54, 1.807) is 0 Å². The highest BCUT2D eigenvalue weighted by Gasteiger charge is 2.10. The Balaban J connectivity index is 2.04. The fourth-order valence-electron chi connectivity index (χ4n) is 3.00. The summed E-state index contributed by atoms with van der Waals surface area (Å²) in [5.74, 6) is 2.52. The molecular weight excluding hydrogens is 340 g/mol. The van der Waals surface area contributed by atoms with Crippen LogP contribution in [0, 0.1) is 40.0 Å². The highest BCUT2D eigenvalue weighted by molar-refractivity contribution is 7.16. The maximum Gasteiger partial charge on any atom is 0.252 e. The molecule has 0 saturated heterocycles. The lowest BCUT2D eigenvalue weighted by Gasteiger charge is -2.04. The van der Waals surface area contributed by atoms with Crippen LogP contribution in [0.25, 0.3) is 10.2 Å². The molecule has 0 spiro atoms. The van der Waals surface area contributed by atoms with Crippen LogP contribution in [-0.4, -0.2) is 10.5 Å². The minimum Gasteiger partial charge on any atom is -0.305 e. The maximum atomic E-state index is 12.6. The van der Waals surface area contributed by atoms with Gasteiger partial charge in [-0.05, 0) is 62.1 Å². The maximum absolute atomic E-state index is 12.6. The molecule has 4 heteroatoms. The van der Waals surface area contributed by atoms with Crippen LogP contribution in [-0.2, 0) is 17.8 Å². The monoisotopic (exact) mass is 362 g/mol. The molecule has 0 saturated carbocycles. The summed E-state index contributed by atoms with van der Waals surface area (Å²) in [6.45, 7) is 8.64. The van der Waals surface area contributed by atoms with Gasteiger partial charge in [-0.1, -0.05) is 41.0 Å². The van der Waals surface area contributed by atoms with Gasteiger partial charge in [0.15, 0.2) is 4.80 Å². The number of carbonyl (C=O) groups excluding carboxylic acids is 1. The third kappa shape index (κ3) is 3.63. The van der Waals surface area contributed by atoms with Crippen molar-refractivity contribution in [2.45, 2.75) is 40.7 Å². The molecule has 2 aromatic carbocycles. The Morgan fingerprint density at radius 1 is 1.12 bits per heavy atom. The molecule has 0 N–H and O–H groups in total. The largest absolute Gasteiger partial charge is 0.305 e. The van der Waals surface area contributed by atoms with Gasteiger partial charge in [-0.25, -0.2) is 0 Å². The van der Waals surface area contributed by atoms with Crippen molar-refractivity contribution in [1.82, 2.24) is 4.57 Å². The topological polar surface area (TPSA) is 34.4 Å². The molecule has 1 heterocycles. The molecular formula is C22H22N2OS. The Labute approximate surface area is 158 Å². The second-order valence-corrected chi connectivity index (χ2v) is 7.70. The van der Waals surface area contributed by atoms with Crippen molar-refractivity contribution in [3.8, 4) is 12.3 Å². The number of nitrogens with zero attached hydrogens (tertiary/aromatic N) is 2. The van der Waals surface area contributed by atoms with Gasteiger partial charge in [0.1, 0.15) is 0 Å². The van der Waals surface area contributed by atoms with Crippen LogP contribution in [0.2, 0.25) is 0 Å². The SMILES string of the molecule is C#CCn1c(=NC(=O)Cc2ccc(C)cc2C)sc2cc(C)c(C)cc21. The lowest BCUT2D eigenvalue weighted by atomic mass is 10.0. The van der Waals surface area contributed by atoms with E-state index in [0.717, 1.165) is 21.3 Å². The molecule has 1 aromatic heterocycles. The fraction of sp³-hybridized carbons (Fsp3) is 0.273. The Hall–Kier alpha value is -2.64. The number of benzene rings is 2. The highest BCUT2D eigenvalue weighted by Crippen LogP contribution is 2.22. The van der Waals surface area contributed by atoms with Gasteiger partial charge in [0, 0.05) is 0 Å². The second-order valence-electron chi connectivity index (χ2n) is 6.69. The molecule has 0 aliphatic carbocycles. The van der Waals surface area contributed by atoms with Crippen molar-refractivity contribution >= 4 is 27.5 Å². The van der Waals surface area contributed by atoms with Crippen LogP contribution in [0.4, 0.5) is 0 Å². The van der Waals surface area contributed by atoms with Crippen molar-refractivity contribution in [2.75, 3.05) is 0 Å². The van der Waals surface area contributed by atoms with Gasteiger partial charge in [-0.15, -0.1) is 6.42 Å². The summed E-state index contributed by atoms with van der Waals surface area (Å²) in [6, 6.07) is 10.4. The number of hydrogen-bond donors (Lipinski definition) is 0. The van der Waals surface area contributed by atoms with E-state index in [-0.39, 0.29) is 5.91 Å². The van der Waals surface area contributed by atoms with Gasteiger partial charge in [-0.3, -0.25) is 4.79 Å². The number of hydrogen-bond acceptors (Lipinski definition) is 2. The predicted molar refractivity (Wildman–Crippen MR) is 108 cm³/mol. The number of rotatable bonds is 3. The molecule has 3 aromatic rings. The molecule has 1 amide bonds. The lowest BCUT2D eigenvalue weighted by Crippen LogP contribution is -2.17. The van der Waals surface area contributed by atoms with Crippen molar-refractivity contribution in [2.24, 2.45) is 4.99 Å². The van der Waals surface area contributed by atoms with Gasteiger partial charge < -0.3 is 4.57 Å². The summed E-state index contributed by atoms with van der Waals surface area (Å²) < 4.78 is 3.05. The first-order valence-corrected chi connectivity index (χ1v) is 9.38. The molecule has 3 rings (SSSR count). The van der Waals surface area contributed by atoms with Gasteiger partial charge >= 0.3 is 0 Å². The zero-order valence-electron chi connectivity index (χ0n) is 15.6. The van der Waals surface area contributed by atoms with Crippen LogP contribution < -0.4 is 4.80 Å². The summed E-state index contributed by atoms with van der Waals surface area (Å²) in [6.07, 6.45) is 5.84. The van der Waals surface area contributed by atoms with Crippen LogP contribution in [0.5, 0.6) is 0 Å². The van der Waals surface area contributed by atoms with Crippen LogP contribution in [0.3, 0.4) is 0 Å². The van der Waals surface area contributed by atoms with Crippen molar-refractivity contribution in [3.63, 3.8) is 0 Å². The number of carbonyl (C=O) groups is 1. The van der Waals surface area contributed by atoms with Crippen molar-refractivity contribution in [3.05, 3.63) is 63.0 Å². The minimum absolute atomic E-state index is 0.150. The van der Waals surface area contributed by atoms with E-state index in [1.807, 2.05) is 30.5 Å². The smallest absolute Gasteiger partial charge is 0.252 e. The van der Waals surface area contributed by atoms with E-state index < -0.39 is 0 Å². The third-order valence-electron chi connectivity index (χ3n) is 4.61. The van der Waals surface area contributed by atoms with Gasteiger partial charge in [0.05, 0.1) is 23.2 Å². The Morgan fingerprint density at radius 2 is 1.85 bits per heavy atom. The number of fused-ring (bicyclic) bond motifs is 1. The molecule has 0 aliphatic heterocycles. The number of aromatic nitrogens is 1. The lowest BCUT2D eigenvalue weighted by molar-refractivity contribution is -0.117. The quantitative estimate of drug-likeness (QED) is 0.642. The van der Waals surface area contributed by atoms with Crippen LogP contribution in [0.15, 0.2) is 35.3 Å². The predicted octanol–water partition coefficient (Wildman–Crippen LogP) is 4.24. The van der Waals surface area contributed by atoms with Crippen molar-refractivity contribution in [1.29, 1.82) is 0 Å². The van der Waals surface area contributed by atoms with E-state index >= 15 is 0 Å². The molecule has 3 nitrogen and oxygen atoms in total. The van der Waals surface area contributed by atoms with E-state index in [4.69, 9.17) is 6.42 Å². The third-order valence-corrected chi connectivity index (χ3v) is 5.65. The molecule has 0 radical (unpaired) electrons. The summed E-state index contributed by atoms with van der Waals surface area (Å²) in [7, 11) is 0. The molecule has 0 fully saturated rings. The van der Waals surface area contributed by atoms with Gasteiger partial charge in [0.25, 0.3) is 5.91 Å². The Bertz CT molecular complexity index is 1110. The summed E-state index contributed by atoms with van der Waals surface area (Å²) >= 11 is 1.51. The molecule has 0 atom stereocenters. The summed E-state index contributed by atoms with van der Waals surface area (Å²) in [5, 5.41) is 0. The van der Waals surface area contributed by atoms with Crippen molar-refractivity contribution < 1.29 is 4.79 Å². The zero-order chi connectivity index (χ0) is 18.8. The van der Waals surface area contributed by atoms with Gasteiger partial charge in [0.2, 0.25) is 0 Å². The van der Waals surface area contributed by atoms with E-state index in [2.05, 4.69) is 43.0 Å². The Kier molecular flexibility index (Phi) is 5.11. The number of aryl methyl sites for hydroxylation is 4. The minimum atomic E-state index is -0.150. The first-order valence-electron chi connectivity index (χ1n) is 8.57. The van der Waals surface area contributed by atoms with Crippen LogP contribution >= 0.6 is 11.3 Å². The van der Waals surface area contributed by atoms with Gasteiger partial charge in [-0.2, -0.15) is 4.99 Å². The van der Waals surface area contributed by atoms with E-state index in [1.165, 1.54) is 28.0 Å². The van der Waals surface area contributed by atoms with E-state index in [9.17, 15) is 4.79 Å². The summed E-state index contributed by atoms with van der Waals surface area (Å²) in [4.78, 5) is 17.6. The first kappa shape index (κ1) is 18.2. The second kappa shape index (κ2) is 7.31. The average molecular weight is 362 g/mol. The number of thiazole rings is 1. The van der Waals surface area contributed by atoms with Crippen LogP contribution in [0.1, 0.15) is 27.8 Å². The average Bonchev–Trinajstić information content (AvgIpc) is 2.88. The number of amides is 1. The molecule has 132 valence electrons. The molecule has 0 bridgehead atoms. The van der Waals surface area contributed by atoms with E-state index in [0.29, 0.717) is 17.8 Å². The summed E-state index contributed by atoms with van der Waals surface area (Å²) in [5.41, 5.74) is 6.79. The highest BCUT2D eigenvalue weighted by atomic mass is 32.1. The molecule has 0 aliphatic rings. The normalized spacial score (nSPS) is 11.7. The first-order chi connectivity index (χ1) is 12.4. The number of terminal acetylenes is 1. The molecule has 26 heavy (non-hydrogen) atoms.